The molecule has 0 aromatic heterocycles. The number of carbonyl (C=O) groups is 3. The summed E-state index contributed by atoms with van der Waals surface area (Å²) in [7, 11) is 0. The average Bonchev–Trinajstić information content (AvgIpc) is 3.38. The fourth-order valence-corrected chi connectivity index (χ4v) is 7.27. The number of hydrogen-bond donors (Lipinski definition) is 1. The van der Waals surface area contributed by atoms with Crippen LogP contribution >= 0.6 is 0 Å². The molecule has 0 aromatic carbocycles. The van der Waals surface area contributed by atoms with Crippen LogP contribution in [0.25, 0.3) is 0 Å². The molecule has 3 unspecified atom stereocenters. The van der Waals surface area contributed by atoms with Crippen LogP contribution in [0.2, 0.25) is 0 Å². The van der Waals surface area contributed by atoms with Crippen molar-refractivity contribution in [1.29, 1.82) is 0 Å². The summed E-state index contributed by atoms with van der Waals surface area (Å²) in [5.74, 6) is -2.17. The van der Waals surface area contributed by atoms with E-state index in [0.29, 0.717) is 26.1 Å². The summed E-state index contributed by atoms with van der Waals surface area (Å²) in [6, 6.07) is -1.60. The third-order valence-electron chi connectivity index (χ3n) is 9.48. The lowest BCUT2D eigenvalue weighted by atomic mass is 9.62. The van der Waals surface area contributed by atoms with E-state index in [9.17, 15) is 19.5 Å². The van der Waals surface area contributed by atoms with Crippen LogP contribution < -0.4 is 0 Å². The topological polar surface area (TPSA) is 90.4 Å². The second-order valence-electron chi connectivity index (χ2n) is 12.0. The number of hydrogen-bond acceptors (Lipinski definition) is 5. The van der Waals surface area contributed by atoms with E-state index in [1.807, 2.05) is 41.5 Å². The van der Waals surface area contributed by atoms with Gasteiger partial charge in [-0.3, -0.25) is 14.4 Å². The Balaban J connectivity index is 2.22. The van der Waals surface area contributed by atoms with E-state index in [2.05, 4.69) is 20.1 Å². The normalized spacial score (nSPS) is 33.3. The number of likely N-dealkylation sites (tertiary alicyclic amines) is 1. The zero-order chi connectivity index (χ0) is 28.6. The number of rotatable bonds is 13. The Morgan fingerprint density at radius 2 is 1.82 bits per heavy atom. The smallest absolute Gasteiger partial charge is 0.248 e. The fraction of sp³-hybridized carbons (Fsp3) is 0.767. The van der Waals surface area contributed by atoms with Crippen LogP contribution in [0, 0.1) is 23.7 Å². The van der Waals surface area contributed by atoms with Crippen LogP contribution in [0.5, 0.6) is 0 Å². The molecule has 0 aliphatic carbocycles. The summed E-state index contributed by atoms with van der Waals surface area (Å²) < 4.78 is 6.88. The highest BCUT2D eigenvalue weighted by Gasteiger charge is 2.80. The average molecular weight is 532 g/mol. The van der Waals surface area contributed by atoms with Gasteiger partial charge < -0.3 is 24.5 Å². The first-order valence-corrected chi connectivity index (χ1v) is 14.4. The van der Waals surface area contributed by atoms with Gasteiger partial charge in [0.2, 0.25) is 17.7 Å². The molecule has 3 heterocycles. The Morgan fingerprint density at radius 3 is 2.32 bits per heavy atom. The van der Waals surface area contributed by atoms with Gasteiger partial charge in [0.15, 0.2) is 0 Å². The maximum Gasteiger partial charge on any atom is 0.248 e. The zero-order valence-corrected chi connectivity index (χ0v) is 24.5. The number of amides is 3. The van der Waals surface area contributed by atoms with Gasteiger partial charge in [0, 0.05) is 25.7 Å². The van der Waals surface area contributed by atoms with Gasteiger partial charge in [-0.25, -0.2) is 0 Å². The van der Waals surface area contributed by atoms with Crippen LogP contribution in [0.1, 0.15) is 67.7 Å². The van der Waals surface area contributed by atoms with Gasteiger partial charge in [0.25, 0.3) is 0 Å². The maximum absolute atomic E-state index is 14.5. The van der Waals surface area contributed by atoms with E-state index in [4.69, 9.17) is 4.74 Å². The van der Waals surface area contributed by atoms with Crippen LogP contribution in [0.15, 0.2) is 25.3 Å². The molecule has 8 heteroatoms. The standard InChI is InChI=1S/C30H49N3O5/c1-10-14-31(15-11-2)26(35)23-24-27(36)33(22(18-34)20(7)13-4)25(28(37)32(16-12-3)19(5)6)30(24)17-21(8)29(23,9)38-30/h10,12,19-25,34H,1,3,11,13-18H2,2,4-9H3/t20-,21?,22-,23-,24-,25?,29+,30?/m0/s1. The van der Waals surface area contributed by atoms with Gasteiger partial charge in [0.1, 0.15) is 11.6 Å². The lowest BCUT2D eigenvalue weighted by Gasteiger charge is -2.42. The van der Waals surface area contributed by atoms with Gasteiger partial charge in [-0.1, -0.05) is 46.3 Å². The van der Waals surface area contributed by atoms with E-state index in [0.717, 1.165) is 12.8 Å². The predicted molar refractivity (Wildman–Crippen MR) is 148 cm³/mol. The minimum Gasteiger partial charge on any atom is -0.394 e. The molecule has 3 aliphatic rings. The molecule has 3 amide bonds. The molecule has 1 N–H and O–H groups in total. The summed E-state index contributed by atoms with van der Waals surface area (Å²) in [6.45, 7) is 22.6. The van der Waals surface area contributed by atoms with Crippen molar-refractivity contribution in [3.63, 3.8) is 0 Å². The number of fused-ring (bicyclic) bond motifs is 1. The molecule has 8 nitrogen and oxygen atoms in total. The largest absolute Gasteiger partial charge is 0.394 e. The summed E-state index contributed by atoms with van der Waals surface area (Å²) in [6.07, 6.45) is 5.41. The van der Waals surface area contributed by atoms with Crippen molar-refractivity contribution in [3.05, 3.63) is 25.3 Å². The number of ether oxygens (including phenoxy) is 1. The van der Waals surface area contributed by atoms with Crippen molar-refractivity contribution in [2.45, 2.75) is 97.1 Å². The highest BCUT2D eigenvalue weighted by Crippen LogP contribution is 2.66. The first-order chi connectivity index (χ1) is 17.9. The summed E-state index contributed by atoms with van der Waals surface area (Å²) >= 11 is 0. The molecule has 0 saturated carbocycles. The Hall–Kier alpha value is -2.19. The van der Waals surface area contributed by atoms with Gasteiger partial charge in [-0.05, 0) is 45.4 Å². The van der Waals surface area contributed by atoms with Crippen molar-refractivity contribution >= 4 is 17.7 Å². The minimum absolute atomic E-state index is 0.0361. The zero-order valence-electron chi connectivity index (χ0n) is 24.5. The quantitative estimate of drug-likeness (QED) is 0.369. The molecule has 3 rings (SSSR count). The van der Waals surface area contributed by atoms with Crippen LogP contribution in [-0.2, 0) is 19.1 Å². The van der Waals surface area contributed by atoms with Gasteiger partial charge in [0.05, 0.1) is 30.1 Å². The molecule has 3 aliphatic heterocycles. The summed E-state index contributed by atoms with van der Waals surface area (Å²) in [4.78, 5) is 48.2. The first-order valence-electron chi connectivity index (χ1n) is 14.4. The van der Waals surface area contributed by atoms with Crippen molar-refractivity contribution < 1.29 is 24.2 Å². The Morgan fingerprint density at radius 1 is 1.18 bits per heavy atom. The monoisotopic (exact) mass is 531 g/mol. The van der Waals surface area contributed by atoms with Crippen molar-refractivity contribution in [2.75, 3.05) is 26.2 Å². The van der Waals surface area contributed by atoms with Crippen LogP contribution in [0.3, 0.4) is 0 Å². The Labute approximate surface area is 229 Å². The fourth-order valence-electron chi connectivity index (χ4n) is 7.27. The first kappa shape index (κ1) is 30.4. The van der Waals surface area contributed by atoms with Crippen molar-refractivity contribution in [1.82, 2.24) is 14.7 Å². The van der Waals surface area contributed by atoms with E-state index in [1.54, 1.807) is 26.9 Å². The molecule has 3 fully saturated rings. The number of carbonyl (C=O) groups excluding carboxylic acids is 3. The summed E-state index contributed by atoms with van der Waals surface area (Å²) in [5, 5.41) is 10.5. The Bertz CT molecular complexity index is 937. The molecule has 8 atom stereocenters. The maximum atomic E-state index is 14.5. The molecular formula is C30H49N3O5. The molecule has 0 radical (unpaired) electrons. The van der Waals surface area contributed by atoms with Crippen molar-refractivity contribution in [3.8, 4) is 0 Å². The van der Waals surface area contributed by atoms with Gasteiger partial charge in [-0.15, -0.1) is 13.2 Å². The molecule has 2 bridgehead atoms. The lowest BCUT2D eigenvalue weighted by molar-refractivity contribution is -0.159. The number of aliphatic hydroxyl groups is 1. The van der Waals surface area contributed by atoms with Gasteiger partial charge >= 0.3 is 0 Å². The van der Waals surface area contributed by atoms with Gasteiger partial charge in [-0.2, -0.15) is 0 Å². The second kappa shape index (κ2) is 11.5. The molecule has 1 spiro atoms. The third kappa shape index (κ3) is 4.51. The number of nitrogens with zero attached hydrogens (tertiary/aromatic N) is 3. The predicted octanol–water partition coefficient (Wildman–Crippen LogP) is 3.25. The molecule has 38 heavy (non-hydrogen) atoms. The molecule has 3 saturated heterocycles. The minimum atomic E-state index is -1.14. The SMILES string of the molecule is C=CCN(CCC)C(=O)[C@@H]1[C@H]2C(=O)N([C@@H](CO)[C@@H](C)CC)C(C(=O)N(CC=C)C(C)C)C23CC(C)[C@@]1(C)O3. The van der Waals surface area contributed by atoms with E-state index in [-0.39, 0.29) is 42.2 Å². The lowest BCUT2D eigenvalue weighted by Crippen LogP contribution is -2.60. The van der Waals surface area contributed by atoms with E-state index >= 15 is 0 Å². The third-order valence-corrected chi connectivity index (χ3v) is 9.48. The van der Waals surface area contributed by atoms with E-state index in [1.165, 1.54) is 0 Å². The second-order valence-corrected chi connectivity index (χ2v) is 12.0. The van der Waals surface area contributed by atoms with Crippen molar-refractivity contribution in [2.24, 2.45) is 23.7 Å². The number of aliphatic hydroxyl groups excluding tert-OH is 1. The Kier molecular flexibility index (Phi) is 9.19. The van der Waals surface area contributed by atoms with Crippen LogP contribution in [0.4, 0.5) is 0 Å². The molecule has 0 aromatic rings. The molecular weight excluding hydrogens is 482 g/mol. The highest BCUT2D eigenvalue weighted by molar-refractivity contribution is 5.99. The molecule has 214 valence electrons. The van der Waals surface area contributed by atoms with Crippen LogP contribution in [-0.4, -0.2) is 93.1 Å². The highest BCUT2D eigenvalue weighted by atomic mass is 16.5. The van der Waals surface area contributed by atoms with E-state index < -0.39 is 35.1 Å². The summed E-state index contributed by atoms with van der Waals surface area (Å²) in [5.41, 5.74) is -2.01.